The molecule has 2 rings (SSSR count). The summed E-state index contributed by atoms with van der Waals surface area (Å²) < 4.78 is 13.4. The number of nitrogens with one attached hydrogen (secondary N) is 1. The zero-order chi connectivity index (χ0) is 20.5. The Balaban J connectivity index is 2.28. The second kappa shape index (κ2) is 11.5. The van der Waals surface area contributed by atoms with Gasteiger partial charge in [0.25, 0.3) is 0 Å². The van der Waals surface area contributed by atoms with E-state index in [0.29, 0.717) is 0 Å². The molecule has 152 valence electrons. The van der Waals surface area contributed by atoms with Crippen molar-refractivity contribution < 1.29 is 9.18 Å². The highest BCUT2D eigenvalue weighted by molar-refractivity contribution is 7.99. The van der Waals surface area contributed by atoms with Gasteiger partial charge in [-0.05, 0) is 49.6 Å². The van der Waals surface area contributed by atoms with Crippen molar-refractivity contribution in [1.82, 2.24) is 4.98 Å². The molecule has 28 heavy (non-hydrogen) atoms. The van der Waals surface area contributed by atoms with Crippen LogP contribution < -0.4 is 5.32 Å². The molecule has 1 aromatic heterocycles. The van der Waals surface area contributed by atoms with Gasteiger partial charge in [0.1, 0.15) is 10.8 Å². The zero-order valence-corrected chi connectivity index (χ0v) is 18.7. The van der Waals surface area contributed by atoms with E-state index < -0.39 is 0 Å². The summed E-state index contributed by atoms with van der Waals surface area (Å²) in [7, 11) is 0. The second-order valence-electron chi connectivity index (χ2n) is 6.79. The number of benzene rings is 1. The Kier molecular flexibility index (Phi) is 9.32. The molecule has 3 nitrogen and oxygen atoms in total. The first-order valence-corrected chi connectivity index (χ1v) is 12.1. The SMILES string of the molecule is CCCCCCC(C(=O)Nc1c(SC)cc(C)nc1SC)c1ccc(F)cc1. The zero-order valence-electron chi connectivity index (χ0n) is 17.0. The Morgan fingerprint density at radius 3 is 2.46 bits per heavy atom. The molecule has 0 aliphatic rings. The van der Waals surface area contributed by atoms with Gasteiger partial charge in [-0.3, -0.25) is 4.79 Å². The number of amides is 1. The molecule has 0 aliphatic carbocycles. The number of rotatable bonds is 10. The fourth-order valence-corrected chi connectivity index (χ4v) is 4.47. The first-order chi connectivity index (χ1) is 13.5. The van der Waals surface area contributed by atoms with Gasteiger partial charge in [0.15, 0.2) is 0 Å². The maximum absolute atomic E-state index is 13.4. The minimum absolute atomic E-state index is 0.0561. The summed E-state index contributed by atoms with van der Waals surface area (Å²) in [6, 6.07) is 8.29. The lowest BCUT2D eigenvalue weighted by Crippen LogP contribution is -2.22. The van der Waals surface area contributed by atoms with E-state index in [4.69, 9.17) is 0 Å². The number of nitrogens with zero attached hydrogens (tertiary/aromatic N) is 1. The van der Waals surface area contributed by atoms with Crippen molar-refractivity contribution in [3.63, 3.8) is 0 Å². The molecule has 0 fully saturated rings. The van der Waals surface area contributed by atoms with E-state index >= 15 is 0 Å². The quantitative estimate of drug-likeness (QED) is 0.344. The predicted octanol–water partition coefficient (Wildman–Crippen LogP) is 6.67. The molecule has 1 atom stereocenters. The monoisotopic (exact) mass is 420 g/mol. The standard InChI is InChI=1S/C22H29FN2OS2/c1-5-6-7-8-9-18(16-10-12-17(23)13-11-16)21(26)25-20-19(27-3)14-15(2)24-22(20)28-4/h10-14,18H,5-9H2,1-4H3,(H,25,26). The average molecular weight is 421 g/mol. The fraction of sp³-hybridized carbons (Fsp3) is 0.455. The lowest BCUT2D eigenvalue weighted by molar-refractivity contribution is -0.117. The Labute approximate surface area is 176 Å². The number of aromatic nitrogens is 1. The third-order valence-corrected chi connectivity index (χ3v) is 6.12. The number of hydrogen-bond acceptors (Lipinski definition) is 4. The van der Waals surface area contributed by atoms with E-state index in [2.05, 4.69) is 17.2 Å². The lowest BCUT2D eigenvalue weighted by Gasteiger charge is -2.20. The smallest absolute Gasteiger partial charge is 0.232 e. The molecular formula is C22H29FN2OS2. The van der Waals surface area contributed by atoms with Gasteiger partial charge in [-0.1, -0.05) is 44.7 Å². The van der Waals surface area contributed by atoms with E-state index in [-0.39, 0.29) is 17.6 Å². The van der Waals surface area contributed by atoms with Crippen molar-refractivity contribution in [3.05, 3.63) is 47.4 Å². The van der Waals surface area contributed by atoms with E-state index in [1.54, 1.807) is 23.9 Å². The van der Waals surface area contributed by atoms with Crippen LogP contribution in [0, 0.1) is 12.7 Å². The molecule has 1 heterocycles. The highest BCUT2D eigenvalue weighted by atomic mass is 32.2. The van der Waals surface area contributed by atoms with Crippen molar-refractivity contribution in [2.24, 2.45) is 0 Å². The van der Waals surface area contributed by atoms with Crippen LogP contribution in [0.2, 0.25) is 0 Å². The van der Waals surface area contributed by atoms with Crippen LogP contribution in [0.5, 0.6) is 0 Å². The van der Waals surface area contributed by atoms with Crippen LogP contribution in [0.1, 0.15) is 56.2 Å². The van der Waals surface area contributed by atoms with Crippen LogP contribution in [0.3, 0.4) is 0 Å². The Bertz CT molecular complexity index is 756. The number of unbranched alkanes of at least 4 members (excludes halogenated alkanes) is 3. The molecule has 1 amide bonds. The Hall–Kier alpha value is -1.53. The molecule has 1 N–H and O–H groups in total. The first kappa shape index (κ1) is 22.8. The second-order valence-corrected chi connectivity index (χ2v) is 8.44. The van der Waals surface area contributed by atoms with E-state index in [1.807, 2.05) is 25.5 Å². The van der Waals surface area contributed by atoms with Crippen molar-refractivity contribution in [3.8, 4) is 0 Å². The van der Waals surface area contributed by atoms with Crippen LogP contribution in [0.4, 0.5) is 10.1 Å². The number of thioether (sulfide) groups is 2. The molecule has 2 aromatic rings. The van der Waals surface area contributed by atoms with Gasteiger partial charge < -0.3 is 5.32 Å². The topological polar surface area (TPSA) is 42.0 Å². The minimum Gasteiger partial charge on any atom is -0.322 e. The van der Waals surface area contributed by atoms with Gasteiger partial charge in [-0.2, -0.15) is 0 Å². The van der Waals surface area contributed by atoms with Gasteiger partial charge in [0.05, 0.1) is 11.6 Å². The van der Waals surface area contributed by atoms with E-state index in [1.165, 1.54) is 23.9 Å². The highest BCUT2D eigenvalue weighted by Crippen LogP contribution is 2.35. The molecule has 0 saturated heterocycles. The van der Waals surface area contributed by atoms with E-state index in [0.717, 1.165) is 59.0 Å². The largest absolute Gasteiger partial charge is 0.322 e. The van der Waals surface area contributed by atoms with Crippen LogP contribution >= 0.6 is 23.5 Å². The van der Waals surface area contributed by atoms with Gasteiger partial charge in [-0.25, -0.2) is 9.37 Å². The normalized spacial score (nSPS) is 12.0. The van der Waals surface area contributed by atoms with Gasteiger partial charge in [-0.15, -0.1) is 23.5 Å². The number of carbonyl (C=O) groups excluding carboxylic acids is 1. The Morgan fingerprint density at radius 2 is 1.86 bits per heavy atom. The lowest BCUT2D eigenvalue weighted by atomic mass is 9.92. The summed E-state index contributed by atoms with van der Waals surface area (Å²) in [5, 5.41) is 3.95. The van der Waals surface area contributed by atoms with Crippen LogP contribution in [0.15, 0.2) is 40.3 Å². The molecule has 0 saturated carbocycles. The summed E-state index contributed by atoms with van der Waals surface area (Å²) in [6.45, 7) is 4.13. The maximum atomic E-state index is 13.4. The summed E-state index contributed by atoms with van der Waals surface area (Å²) in [5.74, 6) is -0.645. The molecular weight excluding hydrogens is 391 g/mol. The molecule has 1 aromatic carbocycles. The average Bonchev–Trinajstić information content (AvgIpc) is 2.69. The number of anilines is 1. The maximum Gasteiger partial charge on any atom is 0.232 e. The van der Waals surface area contributed by atoms with Gasteiger partial charge in [0, 0.05) is 10.6 Å². The number of halogens is 1. The molecule has 1 unspecified atom stereocenters. The molecule has 6 heteroatoms. The predicted molar refractivity (Wildman–Crippen MR) is 119 cm³/mol. The molecule has 0 bridgehead atoms. The van der Waals surface area contributed by atoms with Crippen LogP contribution in [-0.2, 0) is 4.79 Å². The number of pyridine rings is 1. The third kappa shape index (κ3) is 6.24. The number of aryl methyl sites for hydroxylation is 1. The summed E-state index contributed by atoms with van der Waals surface area (Å²) in [6.07, 6.45) is 9.09. The van der Waals surface area contributed by atoms with E-state index in [9.17, 15) is 9.18 Å². The summed E-state index contributed by atoms with van der Waals surface area (Å²) in [5.41, 5.74) is 2.56. The van der Waals surface area contributed by atoms with Gasteiger partial charge >= 0.3 is 0 Å². The highest BCUT2D eigenvalue weighted by Gasteiger charge is 2.23. The summed E-state index contributed by atoms with van der Waals surface area (Å²) in [4.78, 5) is 18.8. The Morgan fingerprint density at radius 1 is 1.14 bits per heavy atom. The molecule has 0 radical (unpaired) electrons. The van der Waals surface area contributed by atoms with Crippen LogP contribution in [0.25, 0.3) is 0 Å². The van der Waals surface area contributed by atoms with Gasteiger partial charge in [0.2, 0.25) is 5.91 Å². The van der Waals surface area contributed by atoms with Crippen molar-refractivity contribution in [1.29, 1.82) is 0 Å². The fourth-order valence-electron chi connectivity index (χ4n) is 3.17. The molecule has 0 spiro atoms. The first-order valence-electron chi connectivity index (χ1n) is 9.66. The third-order valence-electron chi connectivity index (χ3n) is 4.67. The van der Waals surface area contributed by atoms with Crippen molar-refractivity contribution in [2.45, 2.75) is 61.8 Å². The number of carbonyl (C=O) groups is 1. The summed E-state index contributed by atoms with van der Waals surface area (Å²) >= 11 is 3.12. The van der Waals surface area contributed by atoms with Crippen LogP contribution in [-0.4, -0.2) is 23.4 Å². The molecule has 0 aliphatic heterocycles. The minimum atomic E-state index is -0.303. The van der Waals surface area contributed by atoms with Crippen molar-refractivity contribution in [2.75, 3.05) is 17.8 Å². The number of hydrogen-bond donors (Lipinski definition) is 1. The van der Waals surface area contributed by atoms with Crippen molar-refractivity contribution >= 4 is 35.1 Å².